The van der Waals surface area contributed by atoms with Gasteiger partial charge in [0.25, 0.3) is 5.91 Å². The molecule has 0 spiro atoms. The van der Waals surface area contributed by atoms with Gasteiger partial charge in [0.2, 0.25) is 5.91 Å². The molecule has 1 fully saturated rings. The molecule has 0 atom stereocenters. The van der Waals surface area contributed by atoms with E-state index in [4.69, 9.17) is 16.0 Å². The normalized spacial score (nSPS) is 14.1. The molecule has 178 valence electrons. The molecule has 0 saturated carbocycles. The van der Waals surface area contributed by atoms with Gasteiger partial charge in [0.05, 0.1) is 17.6 Å². The van der Waals surface area contributed by atoms with Crippen LogP contribution in [0, 0.1) is 0 Å². The Labute approximate surface area is 211 Å². The molecule has 7 nitrogen and oxygen atoms in total. The van der Waals surface area contributed by atoms with Crippen LogP contribution in [-0.4, -0.2) is 39.8 Å². The number of halogens is 1. The molecule has 1 aliphatic rings. The topological polar surface area (TPSA) is 88.3 Å². The Morgan fingerprint density at radius 1 is 1.14 bits per heavy atom. The minimum atomic E-state index is -0.255. The van der Waals surface area contributed by atoms with Crippen LogP contribution in [-0.2, 0) is 11.2 Å². The van der Waals surface area contributed by atoms with Crippen LogP contribution in [0.1, 0.15) is 39.8 Å². The molecular weight excluding hydrogens is 484 g/mol. The van der Waals surface area contributed by atoms with Gasteiger partial charge in [-0.15, -0.1) is 11.3 Å². The molecule has 9 heteroatoms. The van der Waals surface area contributed by atoms with Crippen LogP contribution in [0.15, 0.2) is 70.9 Å². The lowest BCUT2D eigenvalue weighted by Crippen LogP contribution is -2.38. The highest BCUT2D eigenvalue weighted by Gasteiger charge is 2.26. The standard InChI is InChI=1S/C26H23ClN4O3S/c27-21-7-2-1-4-18(21)13-24(32)31-10-8-17(9-11-31)26-30-22(15-35-26)25(33)29-20-6-3-5-19(12-20)23-14-28-16-34-23/h1-7,12,14-17H,8-11,13H2,(H,29,33). The van der Waals surface area contributed by atoms with Crippen LogP contribution in [0.4, 0.5) is 5.69 Å². The van der Waals surface area contributed by atoms with Crippen molar-refractivity contribution in [1.29, 1.82) is 0 Å². The highest BCUT2D eigenvalue weighted by atomic mass is 35.5. The first-order chi connectivity index (χ1) is 17.1. The number of aromatic nitrogens is 2. The van der Waals surface area contributed by atoms with Gasteiger partial charge in [0.1, 0.15) is 5.69 Å². The van der Waals surface area contributed by atoms with Crippen molar-refractivity contribution in [3.63, 3.8) is 0 Å². The van der Waals surface area contributed by atoms with Crippen LogP contribution in [0.5, 0.6) is 0 Å². The summed E-state index contributed by atoms with van der Waals surface area (Å²) in [5.74, 6) is 0.701. The summed E-state index contributed by atoms with van der Waals surface area (Å²) in [4.78, 5) is 35.9. The maximum atomic E-state index is 12.8. The summed E-state index contributed by atoms with van der Waals surface area (Å²) in [6, 6.07) is 14.8. The number of rotatable bonds is 6. The third-order valence-electron chi connectivity index (χ3n) is 6.09. The SMILES string of the molecule is O=C(Nc1cccc(-c2cnco2)c1)c1csc(C2CCN(C(=O)Cc3ccccc3Cl)CC2)n1. The highest BCUT2D eigenvalue weighted by Crippen LogP contribution is 2.31. The quantitative estimate of drug-likeness (QED) is 0.365. The molecule has 2 amide bonds. The van der Waals surface area contributed by atoms with Gasteiger partial charge in [-0.25, -0.2) is 9.97 Å². The predicted molar refractivity (Wildman–Crippen MR) is 136 cm³/mol. The fourth-order valence-corrected chi connectivity index (χ4v) is 5.35. The van der Waals surface area contributed by atoms with Gasteiger partial charge in [0, 0.05) is 40.7 Å². The van der Waals surface area contributed by atoms with E-state index < -0.39 is 0 Å². The average molecular weight is 507 g/mol. The fourth-order valence-electron chi connectivity index (χ4n) is 4.18. The molecule has 1 N–H and O–H groups in total. The third kappa shape index (κ3) is 5.44. The smallest absolute Gasteiger partial charge is 0.275 e. The first-order valence-corrected chi connectivity index (χ1v) is 12.6. The van der Waals surface area contributed by atoms with Crippen LogP contribution in [0.25, 0.3) is 11.3 Å². The van der Waals surface area contributed by atoms with Crippen molar-refractivity contribution in [2.75, 3.05) is 18.4 Å². The summed E-state index contributed by atoms with van der Waals surface area (Å²) in [6.45, 7) is 1.34. The monoisotopic (exact) mass is 506 g/mol. The molecule has 35 heavy (non-hydrogen) atoms. The number of oxazole rings is 1. The van der Waals surface area contributed by atoms with Gasteiger partial charge in [-0.1, -0.05) is 41.9 Å². The first-order valence-electron chi connectivity index (χ1n) is 11.3. The Balaban J connectivity index is 1.17. The lowest BCUT2D eigenvalue weighted by molar-refractivity contribution is -0.131. The lowest BCUT2D eigenvalue weighted by Gasteiger charge is -2.31. The summed E-state index contributed by atoms with van der Waals surface area (Å²) in [6.07, 6.45) is 4.95. The first kappa shape index (κ1) is 23.3. The zero-order valence-corrected chi connectivity index (χ0v) is 20.4. The number of anilines is 1. The Kier molecular flexibility index (Phi) is 6.92. The zero-order valence-electron chi connectivity index (χ0n) is 18.8. The second-order valence-corrected chi connectivity index (χ2v) is 9.69. The van der Waals surface area contributed by atoms with E-state index in [0.717, 1.165) is 29.0 Å². The van der Waals surface area contributed by atoms with Crippen molar-refractivity contribution < 1.29 is 14.0 Å². The van der Waals surface area contributed by atoms with Crippen molar-refractivity contribution in [2.24, 2.45) is 0 Å². The number of thiazole rings is 1. The van der Waals surface area contributed by atoms with E-state index in [1.165, 1.54) is 17.7 Å². The summed E-state index contributed by atoms with van der Waals surface area (Å²) < 4.78 is 5.33. The summed E-state index contributed by atoms with van der Waals surface area (Å²) in [7, 11) is 0. The molecule has 2 aromatic heterocycles. The zero-order chi connectivity index (χ0) is 24.2. The van der Waals surface area contributed by atoms with Crippen LogP contribution in [0.2, 0.25) is 5.02 Å². The van der Waals surface area contributed by atoms with Gasteiger partial charge < -0.3 is 14.6 Å². The maximum Gasteiger partial charge on any atom is 0.275 e. The van der Waals surface area contributed by atoms with E-state index in [-0.39, 0.29) is 17.7 Å². The molecule has 5 rings (SSSR count). The van der Waals surface area contributed by atoms with Gasteiger partial charge in [-0.2, -0.15) is 0 Å². The number of amides is 2. The highest BCUT2D eigenvalue weighted by molar-refractivity contribution is 7.10. The van der Waals surface area contributed by atoms with Gasteiger partial charge in [-0.3, -0.25) is 9.59 Å². The van der Waals surface area contributed by atoms with E-state index in [1.54, 1.807) is 17.6 Å². The molecule has 0 radical (unpaired) electrons. The summed E-state index contributed by atoms with van der Waals surface area (Å²) >= 11 is 7.70. The molecular formula is C26H23ClN4O3S. The number of nitrogens with zero attached hydrogens (tertiary/aromatic N) is 3. The maximum absolute atomic E-state index is 12.8. The van der Waals surface area contributed by atoms with Crippen molar-refractivity contribution in [2.45, 2.75) is 25.2 Å². The largest absolute Gasteiger partial charge is 0.444 e. The van der Waals surface area contributed by atoms with Gasteiger partial charge >= 0.3 is 0 Å². The molecule has 0 bridgehead atoms. The van der Waals surface area contributed by atoms with E-state index >= 15 is 0 Å². The van der Waals surface area contributed by atoms with Crippen molar-refractivity contribution in [1.82, 2.24) is 14.9 Å². The lowest BCUT2D eigenvalue weighted by atomic mass is 9.97. The van der Waals surface area contributed by atoms with Gasteiger partial charge in [-0.05, 0) is 36.6 Å². The Bertz CT molecular complexity index is 1330. The Morgan fingerprint density at radius 3 is 2.74 bits per heavy atom. The molecule has 1 aliphatic heterocycles. The second kappa shape index (κ2) is 10.4. The van der Waals surface area contributed by atoms with E-state index in [9.17, 15) is 9.59 Å². The van der Waals surface area contributed by atoms with Crippen molar-refractivity contribution in [3.8, 4) is 11.3 Å². The number of hydrogen-bond donors (Lipinski definition) is 1. The second-order valence-electron chi connectivity index (χ2n) is 8.39. The van der Waals surface area contributed by atoms with E-state index in [2.05, 4.69) is 15.3 Å². The predicted octanol–water partition coefficient (Wildman–Crippen LogP) is 5.65. The number of benzene rings is 2. The van der Waals surface area contributed by atoms with E-state index in [0.29, 0.717) is 41.7 Å². The van der Waals surface area contributed by atoms with Crippen molar-refractivity contribution >= 4 is 40.4 Å². The molecule has 3 heterocycles. The number of likely N-dealkylation sites (tertiary alicyclic amines) is 1. The number of nitrogens with one attached hydrogen (secondary N) is 1. The summed E-state index contributed by atoms with van der Waals surface area (Å²) in [5.41, 5.74) is 2.73. The number of piperidine rings is 1. The fraction of sp³-hybridized carbons (Fsp3) is 0.231. The number of hydrogen-bond acceptors (Lipinski definition) is 6. The van der Waals surface area contributed by atoms with Crippen molar-refractivity contribution in [3.05, 3.63) is 87.8 Å². The summed E-state index contributed by atoms with van der Waals surface area (Å²) in [5, 5.41) is 6.25. The molecule has 1 saturated heterocycles. The number of carbonyl (C=O) groups excluding carboxylic acids is 2. The van der Waals surface area contributed by atoms with E-state index in [1.807, 2.05) is 47.4 Å². The third-order valence-corrected chi connectivity index (χ3v) is 7.46. The Hall–Kier alpha value is -3.49. The minimum absolute atomic E-state index is 0.0864. The average Bonchev–Trinajstić information content (AvgIpc) is 3.59. The Morgan fingerprint density at radius 2 is 1.97 bits per heavy atom. The van der Waals surface area contributed by atoms with Crippen LogP contribution < -0.4 is 5.32 Å². The molecule has 0 unspecified atom stereocenters. The van der Waals surface area contributed by atoms with Gasteiger partial charge in [0.15, 0.2) is 12.2 Å². The molecule has 0 aliphatic carbocycles. The molecule has 4 aromatic rings. The number of carbonyl (C=O) groups is 2. The van der Waals surface area contributed by atoms with Crippen LogP contribution in [0.3, 0.4) is 0 Å². The molecule has 2 aromatic carbocycles. The minimum Gasteiger partial charge on any atom is -0.444 e. The van der Waals surface area contributed by atoms with Crippen LogP contribution >= 0.6 is 22.9 Å².